The van der Waals surface area contributed by atoms with Crippen LogP contribution in [0, 0.1) is 0 Å². The number of halogens is 2. The van der Waals surface area contributed by atoms with E-state index in [2.05, 4.69) is 15.1 Å². The highest BCUT2D eigenvalue weighted by Gasteiger charge is 2.21. The van der Waals surface area contributed by atoms with E-state index in [4.69, 9.17) is 27.6 Å². The molecule has 1 fully saturated rings. The number of para-hydroxylation sites is 1. The number of rotatable bonds is 5. The van der Waals surface area contributed by atoms with Crippen molar-refractivity contribution in [2.75, 3.05) is 38.0 Å². The quantitative estimate of drug-likeness (QED) is 0.667. The minimum absolute atomic E-state index is 0.0968. The zero-order valence-electron chi connectivity index (χ0n) is 15.6. The van der Waals surface area contributed by atoms with Crippen molar-refractivity contribution in [3.63, 3.8) is 0 Å². The molecule has 3 aromatic rings. The molecule has 2 aromatic carbocycles. The van der Waals surface area contributed by atoms with Gasteiger partial charge in [0.15, 0.2) is 5.58 Å². The number of carbonyl (C=O) groups is 1. The molecule has 1 amide bonds. The van der Waals surface area contributed by atoms with Gasteiger partial charge in [-0.25, -0.2) is 4.79 Å². The molecule has 0 bridgehead atoms. The Morgan fingerprint density at radius 2 is 1.76 bits per heavy atom. The first-order chi connectivity index (χ1) is 14.0. The molecule has 1 aliphatic heterocycles. The van der Waals surface area contributed by atoms with Crippen LogP contribution in [-0.2, 0) is 11.5 Å². The van der Waals surface area contributed by atoms with E-state index < -0.39 is 5.76 Å². The summed E-state index contributed by atoms with van der Waals surface area (Å²) < 4.78 is 6.89. The molecule has 7 nitrogen and oxygen atoms in total. The largest absolute Gasteiger partial charge is 0.421 e. The summed E-state index contributed by atoms with van der Waals surface area (Å²) in [5.41, 5.74) is 1.82. The maximum absolute atomic E-state index is 12.3. The number of piperazine rings is 1. The summed E-state index contributed by atoms with van der Waals surface area (Å²) in [7, 11) is 0. The van der Waals surface area contributed by atoms with E-state index in [1.165, 1.54) is 0 Å². The Hall–Kier alpha value is -2.32. The maximum atomic E-state index is 12.3. The Labute approximate surface area is 177 Å². The summed E-state index contributed by atoms with van der Waals surface area (Å²) >= 11 is 12.0. The lowest BCUT2D eigenvalue weighted by Gasteiger charge is -2.34. The second kappa shape index (κ2) is 8.59. The summed E-state index contributed by atoms with van der Waals surface area (Å²) in [6.45, 7) is 3.68. The van der Waals surface area contributed by atoms with Crippen molar-refractivity contribution in [1.29, 1.82) is 0 Å². The van der Waals surface area contributed by atoms with Crippen LogP contribution in [-0.4, -0.2) is 53.0 Å². The SMILES string of the molecule is O=C(CN1CCN(Cn2c(=O)oc3cc(Cl)ccc32)CC1)Nc1ccccc1Cl. The molecule has 0 radical (unpaired) electrons. The number of carbonyl (C=O) groups excluding carboxylic acids is 1. The summed E-state index contributed by atoms with van der Waals surface area (Å²) in [6, 6.07) is 12.3. The molecule has 0 spiro atoms. The van der Waals surface area contributed by atoms with Gasteiger partial charge < -0.3 is 9.73 Å². The first-order valence-corrected chi connectivity index (χ1v) is 10.0. The van der Waals surface area contributed by atoms with Crippen molar-refractivity contribution in [3.05, 3.63) is 63.1 Å². The highest BCUT2D eigenvalue weighted by atomic mass is 35.5. The van der Waals surface area contributed by atoms with Crippen LogP contribution in [0.25, 0.3) is 11.1 Å². The topological polar surface area (TPSA) is 70.7 Å². The molecular weight excluding hydrogens is 415 g/mol. The summed E-state index contributed by atoms with van der Waals surface area (Å²) in [4.78, 5) is 28.7. The number of hydrogen-bond donors (Lipinski definition) is 1. The normalized spacial score (nSPS) is 15.7. The number of fused-ring (bicyclic) bond motifs is 1. The number of aromatic nitrogens is 1. The number of nitrogens with zero attached hydrogens (tertiary/aromatic N) is 3. The lowest BCUT2D eigenvalue weighted by atomic mass is 10.3. The van der Waals surface area contributed by atoms with E-state index in [1.54, 1.807) is 34.9 Å². The minimum atomic E-state index is -0.399. The Morgan fingerprint density at radius 1 is 1.03 bits per heavy atom. The number of nitrogens with one attached hydrogen (secondary N) is 1. The van der Waals surface area contributed by atoms with E-state index in [0.717, 1.165) is 31.7 Å². The average molecular weight is 435 g/mol. The van der Waals surface area contributed by atoms with Gasteiger partial charge in [-0.2, -0.15) is 0 Å². The van der Waals surface area contributed by atoms with Gasteiger partial charge in [0, 0.05) is 37.3 Å². The molecular formula is C20H20Cl2N4O3. The van der Waals surface area contributed by atoms with Crippen molar-refractivity contribution < 1.29 is 9.21 Å². The number of hydrogen-bond acceptors (Lipinski definition) is 5. The van der Waals surface area contributed by atoms with Gasteiger partial charge in [-0.3, -0.25) is 19.2 Å². The first-order valence-electron chi connectivity index (χ1n) is 9.27. The van der Waals surface area contributed by atoms with Crippen molar-refractivity contribution >= 4 is 45.9 Å². The monoisotopic (exact) mass is 434 g/mol. The number of oxazole rings is 1. The fourth-order valence-corrected chi connectivity index (χ4v) is 3.76. The second-order valence-corrected chi connectivity index (χ2v) is 7.82. The van der Waals surface area contributed by atoms with E-state index in [9.17, 15) is 9.59 Å². The van der Waals surface area contributed by atoms with Crippen molar-refractivity contribution in [2.24, 2.45) is 0 Å². The number of amides is 1. The Kier molecular flexibility index (Phi) is 5.91. The molecule has 1 saturated heterocycles. The average Bonchev–Trinajstić information content (AvgIpc) is 2.99. The fourth-order valence-electron chi connectivity index (χ4n) is 3.42. The number of benzene rings is 2. The van der Waals surface area contributed by atoms with Crippen molar-refractivity contribution in [3.8, 4) is 0 Å². The lowest BCUT2D eigenvalue weighted by molar-refractivity contribution is -0.117. The molecule has 1 aromatic heterocycles. The van der Waals surface area contributed by atoms with Gasteiger partial charge in [0.25, 0.3) is 0 Å². The fraction of sp³-hybridized carbons (Fsp3) is 0.300. The summed E-state index contributed by atoms with van der Waals surface area (Å²) in [5, 5.41) is 3.89. The Balaban J connectivity index is 1.32. The molecule has 2 heterocycles. The van der Waals surface area contributed by atoms with Crippen LogP contribution < -0.4 is 11.1 Å². The van der Waals surface area contributed by atoms with E-state index in [1.807, 2.05) is 12.1 Å². The van der Waals surface area contributed by atoms with Crippen LogP contribution in [0.3, 0.4) is 0 Å². The van der Waals surface area contributed by atoms with Crippen LogP contribution in [0.5, 0.6) is 0 Å². The third-order valence-corrected chi connectivity index (χ3v) is 5.52. The molecule has 0 atom stereocenters. The number of anilines is 1. The first kappa shape index (κ1) is 20.0. The highest BCUT2D eigenvalue weighted by Crippen LogP contribution is 2.21. The Bertz CT molecular complexity index is 1090. The molecule has 9 heteroatoms. The molecule has 152 valence electrons. The third kappa shape index (κ3) is 4.64. The van der Waals surface area contributed by atoms with Crippen LogP contribution in [0.1, 0.15) is 0 Å². The van der Waals surface area contributed by atoms with Crippen LogP contribution in [0.2, 0.25) is 10.0 Å². The minimum Gasteiger partial charge on any atom is -0.408 e. The zero-order valence-corrected chi connectivity index (χ0v) is 17.1. The molecule has 0 aliphatic carbocycles. The van der Waals surface area contributed by atoms with Gasteiger partial charge in [-0.15, -0.1) is 0 Å². The van der Waals surface area contributed by atoms with Crippen LogP contribution in [0.15, 0.2) is 51.7 Å². The second-order valence-electron chi connectivity index (χ2n) is 6.97. The van der Waals surface area contributed by atoms with Crippen molar-refractivity contribution in [1.82, 2.24) is 14.4 Å². The van der Waals surface area contributed by atoms with Gasteiger partial charge in [0.2, 0.25) is 5.91 Å². The van der Waals surface area contributed by atoms with E-state index in [-0.39, 0.29) is 5.91 Å². The Morgan fingerprint density at radius 3 is 2.52 bits per heavy atom. The highest BCUT2D eigenvalue weighted by molar-refractivity contribution is 6.33. The predicted molar refractivity (Wildman–Crippen MR) is 114 cm³/mol. The molecule has 1 N–H and O–H groups in total. The molecule has 0 saturated carbocycles. The lowest BCUT2D eigenvalue weighted by Crippen LogP contribution is -2.49. The van der Waals surface area contributed by atoms with Gasteiger partial charge >= 0.3 is 5.76 Å². The molecule has 1 aliphatic rings. The van der Waals surface area contributed by atoms with Gasteiger partial charge in [0.05, 0.1) is 29.4 Å². The van der Waals surface area contributed by atoms with Gasteiger partial charge in [-0.05, 0) is 24.3 Å². The maximum Gasteiger partial charge on any atom is 0.421 e. The zero-order chi connectivity index (χ0) is 20.4. The van der Waals surface area contributed by atoms with Crippen molar-refractivity contribution in [2.45, 2.75) is 6.67 Å². The van der Waals surface area contributed by atoms with Crippen LogP contribution >= 0.6 is 23.2 Å². The molecule has 29 heavy (non-hydrogen) atoms. The summed E-state index contributed by atoms with van der Waals surface area (Å²) in [6.07, 6.45) is 0. The van der Waals surface area contributed by atoms with E-state index in [0.29, 0.717) is 34.5 Å². The van der Waals surface area contributed by atoms with Crippen LogP contribution in [0.4, 0.5) is 5.69 Å². The molecule has 0 unspecified atom stereocenters. The van der Waals surface area contributed by atoms with E-state index >= 15 is 0 Å². The molecule has 4 rings (SSSR count). The van der Waals surface area contributed by atoms with Gasteiger partial charge in [0.1, 0.15) is 0 Å². The summed E-state index contributed by atoms with van der Waals surface area (Å²) in [5.74, 6) is -0.496. The predicted octanol–water partition coefficient (Wildman–Crippen LogP) is 3.12. The standard InChI is InChI=1S/C20H20Cl2N4O3/c21-14-5-6-17-18(11-14)29-20(28)26(17)13-25-9-7-24(8-10-25)12-19(27)23-16-4-2-1-3-15(16)22/h1-6,11H,7-10,12-13H2,(H,23,27). The smallest absolute Gasteiger partial charge is 0.408 e. The third-order valence-electron chi connectivity index (χ3n) is 4.95. The van der Waals surface area contributed by atoms with Gasteiger partial charge in [-0.1, -0.05) is 35.3 Å².